The van der Waals surface area contributed by atoms with Crippen LogP contribution >= 0.6 is 0 Å². The van der Waals surface area contributed by atoms with Crippen LogP contribution in [0.4, 0.5) is 24.5 Å². The van der Waals surface area contributed by atoms with Gasteiger partial charge in [-0.3, -0.25) is 0 Å². The summed E-state index contributed by atoms with van der Waals surface area (Å²) in [6.45, 7) is 0.619. The fourth-order valence-corrected chi connectivity index (χ4v) is 1.65. The first kappa shape index (κ1) is 15.0. The smallest absolute Gasteiger partial charge is 0.433 e. The maximum atomic E-state index is 12.6. The number of ether oxygens (including phenoxy) is 1. The number of nitrogens with one attached hydrogen (secondary N) is 1. The van der Waals surface area contributed by atoms with Crippen molar-refractivity contribution < 1.29 is 17.9 Å². The third-order valence-electron chi connectivity index (χ3n) is 2.65. The molecule has 0 fully saturated rings. The van der Waals surface area contributed by atoms with E-state index in [2.05, 4.69) is 10.3 Å². The minimum Gasteiger partial charge on any atom is -0.492 e. The molecule has 0 aliphatic rings. The molecule has 1 aromatic carbocycles. The number of pyridine rings is 1. The van der Waals surface area contributed by atoms with Crippen LogP contribution in [0.2, 0.25) is 0 Å². The average molecular weight is 297 g/mol. The van der Waals surface area contributed by atoms with Gasteiger partial charge in [0.2, 0.25) is 0 Å². The summed E-state index contributed by atoms with van der Waals surface area (Å²) < 4.78 is 43.1. The molecule has 1 heterocycles. The number of hydrogen-bond donors (Lipinski definition) is 2. The number of nitrogen functional groups attached to an aromatic ring is 1. The summed E-state index contributed by atoms with van der Waals surface area (Å²) in [5, 5.41) is 2.81. The van der Waals surface area contributed by atoms with E-state index in [1.807, 2.05) is 18.2 Å². The molecule has 2 rings (SSSR count). The fourth-order valence-electron chi connectivity index (χ4n) is 1.65. The zero-order valence-corrected chi connectivity index (χ0v) is 11.0. The van der Waals surface area contributed by atoms with Crippen LogP contribution < -0.4 is 15.8 Å². The van der Waals surface area contributed by atoms with Crippen LogP contribution in [0, 0.1) is 0 Å². The fraction of sp³-hybridized carbons (Fsp3) is 0.214. The lowest BCUT2D eigenvalue weighted by atomic mass is 10.2. The number of para-hydroxylation sites is 1. The molecule has 0 saturated carbocycles. The number of hydrogen-bond acceptors (Lipinski definition) is 4. The lowest BCUT2D eigenvalue weighted by Gasteiger charge is -2.12. The van der Waals surface area contributed by atoms with Crippen molar-refractivity contribution in [2.24, 2.45) is 0 Å². The first-order valence-electron chi connectivity index (χ1n) is 6.21. The summed E-state index contributed by atoms with van der Waals surface area (Å²) in [7, 11) is 0. The molecule has 0 spiro atoms. The van der Waals surface area contributed by atoms with E-state index >= 15 is 0 Å². The van der Waals surface area contributed by atoms with Crippen LogP contribution in [0.5, 0.6) is 5.75 Å². The lowest BCUT2D eigenvalue weighted by molar-refractivity contribution is -0.141. The van der Waals surface area contributed by atoms with Gasteiger partial charge in [0, 0.05) is 6.54 Å². The van der Waals surface area contributed by atoms with Gasteiger partial charge in [-0.05, 0) is 18.2 Å². The summed E-state index contributed by atoms with van der Waals surface area (Å²) in [5.41, 5.74) is 4.95. The summed E-state index contributed by atoms with van der Waals surface area (Å²) in [4.78, 5) is 3.26. The van der Waals surface area contributed by atoms with Gasteiger partial charge in [-0.1, -0.05) is 18.2 Å². The third-order valence-corrected chi connectivity index (χ3v) is 2.65. The first-order chi connectivity index (χ1) is 9.97. The first-order valence-corrected chi connectivity index (χ1v) is 6.21. The van der Waals surface area contributed by atoms with Crippen LogP contribution in [0.15, 0.2) is 42.6 Å². The highest BCUT2D eigenvalue weighted by Crippen LogP contribution is 2.30. The molecule has 0 bridgehead atoms. The van der Waals surface area contributed by atoms with Gasteiger partial charge in [-0.2, -0.15) is 13.2 Å². The Kier molecular flexibility index (Phi) is 4.52. The Morgan fingerprint density at radius 3 is 2.57 bits per heavy atom. The monoisotopic (exact) mass is 297 g/mol. The Bertz CT molecular complexity index is 588. The Morgan fingerprint density at radius 1 is 1.19 bits per heavy atom. The standard InChI is InChI=1S/C14H14F3N3O/c15-14(16,17)13-8-12(11(18)9-20-13)19-6-7-21-10-4-2-1-3-5-10/h1-5,8-9H,6-7,18H2,(H,19,20). The molecule has 0 radical (unpaired) electrons. The number of benzene rings is 1. The Hall–Kier alpha value is -2.44. The van der Waals surface area contributed by atoms with Gasteiger partial charge in [0.1, 0.15) is 18.1 Å². The molecule has 0 aliphatic carbocycles. The quantitative estimate of drug-likeness (QED) is 0.832. The highest BCUT2D eigenvalue weighted by molar-refractivity contribution is 5.65. The van der Waals surface area contributed by atoms with Gasteiger partial charge >= 0.3 is 6.18 Å². The minimum atomic E-state index is -4.50. The Morgan fingerprint density at radius 2 is 1.90 bits per heavy atom. The maximum Gasteiger partial charge on any atom is 0.433 e. The third kappa shape index (κ3) is 4.27. The molecular formula is C14H14F3N3O. The van der Waals surface area contributed by atoms with E-state index in [0.717, 1.165) is 12.3 Å². The van der Waals surface area contributed by atoms with Gasteiger partial charge in [0.15, 0.2) is 0 Å². The minimum absolute atomic E-state index is 0.155. The van der Waals surface area contributed by atoms with E-state index in [1.165, 1.54) is 0 Å². The second kappa shape index (κ2) is 6.34. The number of aromatic nitrogens is 1. The summed E-state index contributed by atoms with van der Waals surface area (Å²) in [6, 6.07) is 10.0. The molecule has 3 N–H and O–H groups in total. The maximum absolute atomic E-state index is 12.6. The summed E-state index contributed by atoms with van der Waals surface area (Å²) in [6.07, 6.45) is -3.51. The van der Waals surface area contributed by atoms with Gasteiger partial charge in [0.05, 0.1) is 17.6 Å². The predicted octanol–water partition coefficient (Wildman–Crippen LogP) is 3.17. The largest absolute Gasteiger partial charge is 0.492 e. The molecule has 7 heteroatoms. The molecule has 0 saturated heterocycles. The van der Waals surface area contributed by atoms with Gasteiger partial charge in [0.25, 0.3) is 0 Å². The zero-order valence-electron chi connectivity index (χ0n) is 11.0. The summed E-state index contributed by atoms with van der Waals surface area (Å²) in [5.74, 6) is 0.693. The molecule has 1 aromatic heterocycles. The van der Waals surface area contributed by atoms with Crippen LogP contribution in [0.25, 0.3) is 0 Å². The van der Waals surface area contributed by atoms with E-state index in [4.69, 9.17) is 10.5 Å². The highest BCUT2D eigenvalue weighted by atomic mass is 19.4. The number of nitrogens with zero attached hydrogens (tertiary/aromatic N) is 1. The van der Waals surface area contributed by atoms with Crippen molar-refractivity contribution in [3.8, 4) is 5.75 Å². The van der Waals surface area contributed by atoms with Crippen molar-refractivity contribution in [3.05, 3.63) is 48.3 Å². The topological polar surface area (TPSA) is 60.2 Å². The normalized spacial score (nSPS) is 11.2. The van der Waals surface area contributed by atoms with Crippen LogP contribution in [0.1, 0.15) is 5.69 Å². The van der Waals surface area contributed by atoms with E-state index in [0.29, 0.717) is 18.9 Å². The van der Waals surface area contributed by atoms with E-state index in [1.54, 1.807) is 12.1 Å². The van der Waals surface area contributed by atoms with Crippen molar-refractivity contribution >= 4 is 11.4 Å². The molecule has 112 valence electrons. The molecule has 0 amide bonds. The highest BCUT2D eigenvalue weighted by Gasteiger charge is 2.32. The number of nitrogens with two attached hydrogens (primary N) is 1. The van der Waals surface area contributed by atoms with E-state index in [-0.39, 0.29) is 11.4 Å². The number of rotatable bonds is 5. The average Bonchev–Trinajstić information content (AvgIpc) is 2.45. The van der Waals surface area contributed by atoms with E-state index in [9.17, 15) is 13.2 Å². The molecule has 0 unspecified atom stereocenters. The molecule has 4 nitrogen and oxygen atoms in total. The van der Waals surface area contributed by atoms with Gasteiger partial charge in [-0.25, -0.2) is 4.98 Å². The van der Waals surface area contributed by atoms with Crippen LogP contribution in [-0.4, -0.2) is 18.1 Å². The molecule has 2 aromatic rings. The van der Waals surface area contributed by atoms with Gasteiger partial charge in [-0.15, -0.1) is 0 Å². The van der Waals surface area contributed by atoms with Crippen molar-refractivity contribution in [2.45, 2.75) is 6.18 Å². The van der Waals surface area contributed by atoms with Crippen molar-refractivity contribution in [1.29, 1.82) is 0 Å². The predicted molar refractivity (Wildman–Crippen MR) is 74.1 cm³/mol. The molecule has 0 atom stereocenters. The zero-order chi connectivity index (χ0) is 15.3. The van der Waals surface area contributed by atoms with Crippen molar-refractivity contribution in [3.63, 3.8) is 0 Å². The van der Waals surface area contributed by atoms with Crippen molar-refractivity contribution in [1.82, 2.24) is 4.98 Å². The van der Waals surface area contributed by atoms with Crippen LogP contribution in [0.3, 0.4) is 0 Å². The number of alkyl halides is 3. The van der Waals surface area contributed by atoms with Gasteiger partial charge < -0.3 is 15.8 Å². The van der Waals surface area contributed by atoms with Crippen molar-refractivity contribution in [2.75, 3.05) is 24.2 Å². The SMILES string of the molecule is Nc1cnc(C(F)(F)F)cc1NCCOc1ccccc1. The molecular weight excluding hydrogens is 283 g/mol. The Labute approximate surface area is 119 Å². The second-order valence-electron chi connectivity index (χ2n) is 4.24. The summed E-state index contributed by atoms with van der Waals surface area (Å²) >= 11 is 0. The number of halogens is 3. The lowest BCUT2D eigenvalue weighted by Crippen LogP contribution is -2.14. The Balaban J connectivity index is 1.91. The number of anilines is 2. The molecule has 21 heavy (non-hydrogen) atoms. The molecule has 0 aliphatic heterocycles. The second-order valence-corrected chi connectivity index (χ2v) is 4.24. The van der Waals surface area contributed by atoms with Crippen LogP contribution in [-0.2, 0) is 6.18 Å². The van der Waals surface area contributed by atoms with E-state index < -0.39 is 11.9 Å².